The van der Waals surface area contributed by atoms with Gasteiger partial charge in [-0.1, -0.05) is 11.6 Å². The van der Waals surface area contributed by atoms with Crippen molar-refractivity contribution in [1.82, 2.24) is 5.48 Å². The minimum absolute atomic E-state index is 0.0350. The van der Waals surface area contributed by atoms with Crippen LogP contribution in [0.1, 0.15) is 10.4 Å². The predicted molar refractivity (Wildman–Crippen MR) is 56.7 cm³/mol. The molecule has 0 aliphatic carbocycles. The van der Waals surface area contributed by atoms with Gasteiger partial charge in [0, 0.05) is 7.11 Å². The number of amides is 1. The molecular formula is C10H11ClFNO3. The number of rotatable bonds is 5. The van der Waals surface area contributed by atoms with Crippen LogP contribution in [-0.4, -0.2) is 26.2 Å². The van der Waals surface area contributed by atoms with Gasteiger partial charge >= 0.3 is 0 Å². The number of ether oxygens (including phenoxy) is 1. The van der Waals surface area contributed by atoms with Crippen molar-refractivity contribution in [3.05, 3.63) is 34.6 Å². The summed E-state index contributed by atoms with van der Waals surface area (Å²) in [5.41, 5.74) is 2.32. The fraction of sp³-hybridized carbons (Fsp3) is 0.300. The van der Waals surface area contributed by atoms with Crippen molar-refractivity contribution in [2.45, 2.75) is 0 Å². The molecule has 1 N–H and O–H groups in total. The molecule has 0 aromatic heterocycles. The molecule has 0 fully saturated rings. The Kier molecular flexibility index (Phi) is 5.18. The van der Waals surface area contributed by atoms with E-state index in [0.717, 1.165) is 12.1 Å². The minimum atomic E-state index is -0.527. The van der Waals surface area contributed by atoms with Crippen molar-refractivity contribution in [2.24, 2.45) is 0 Å². The van der Waals surface area contributed by atoms with Crippen LogP contribution >= 0.6 is 11.6 Å². The number of hydrogen-bond donors (Lipinski definition) is 1. The van der Waals surface area contributed by atoms with E-state index < -0.39 is 11.7 Å². The standard InChI is InChI=1S/C10H11ClFNO3/c1-15-4-5-16-13-10(14)8-3-2-7(12)6-9(8)11/h2-3,6H,4-5H2,1H3,(H,13,14). The molecule has 0 aliphatic rings. The summed E-state index contributed by atoms with van der Waals surface area (Å²) in [7, 11) is 1.52. The third-order valence-corrected chi connectivity index (χ3v) is 2.04. The van der Waals surface area contributed by atoms with Crippen LogP contribution in [0.3, 0.4) is 0 Å². The first-order chi connectivity index (χ1) is 7.65. The topological polar surface area (TPSA) is 47.6 Å². The summed E-state index contributed by atoms with van der Waals surface area (Å²) in [5.74, 6) is -1.03. The molecule has 0 aliphatic heterocycles. The van der Waals surface area contributed by atoms with Crippen LogP contribution in [-0.2, 0) is 9.57 Å². The van der Waals surface area contributed by atoms with E-state index in [9.17, 15) is 9.18 Å². The number of methoxy groups -OCH3 is 1. The van der Waals surface area contributed by atoms with Crippen molar-refractivity contribution in [1.29, 1.82) is 0 Å². The molecule has 0 unspecified atom stereocenters. The Bertz CT molecular complexity index is 373. The normalized spacial score (nSPS) is 10.2. The molecule has 1 rings (SSSR count). The first kappa shape index (κ1) is 12.9. The van der Waals surface area contributed by atoms with E-state index in [1.165, 1.54) is 13.2 Å². The van der Waals surface area contributed by atoms with E-state index in [1.807, 2.05) is 0 Å². The zero-order chi connectivity index (χ0) is 12.0. The van der Waals surface area contributed by atoms with Crippen molar-refractivity contribution >= 4 is 17.5 Å². The third-order valence-electron chi connectivity index (χ3n) is 1.73. The average Bonchev–Trinajstić information content (AvgIpc) is 2.24. The largest absolute Gasteiger partial charge is 0.382 e. The monoisotopic (exact) mass is 247 g/mol. The van der Waals surface area contributed by atoms with Crippen molar-refractivity contribution < 1.29 is 18.8 Å². The first-order valence-electron chi connectivity index (χ1n) is 4.51. The lowest BCUT2D eigenvalue weighted by molar-refractivity contribution is 0.00889. The Morgan fingerprint density at radius 3 is 2.88 bits per heavy atom. The van der Waals surface area contributed by atoms with Gasteiger partial charge in [-0.3, -0.25) is 9.63 Å². The van der Waals surface area contributed by atoms with Crippen LogP contribution in [0.25, 0.3) is 0 Å². The van der Waals surface area contributed by atoms with Gasteiger partial charge in [-0.2, -0.15) is 0 Å². The van der Waals surface area contributed by atoms with Gasteiger partial charge < -0.3 is 4.74 Å². The van der Waals surface area contributed by atoms with Gasteiger partial charge in [-0.15, -0.1) is 0 Å². The first-order valence-corrected chi connectivity index (χ1v) is 4.89. The van der Waals surface area contributed by atoms with Gasteiger partial charge in [0.15, 0.2) is 0 Å². The highest BCUT2D eigenvalue weighted by molar-refractivity contribution is 6.33. The van der Waals surface area contributed by atoms with Gasteiger partial charge in [-0.05, 0) is 18.2 Å². The molecule has 1 amide bonds. The van der Waals surface area contributed by atoms with Gasteiger partial charge in [0.25, 0.3) is 5.91 Å². The quantitative estimate of drug-likeness (QED) is 0.637. The molecule has 0 heterocycles. The number of nitrogens with one attached hydrogen (secondary N) is 1. The molecule has 0 saturated carbocycles. The predicted octanol–water partition coefficient (Wildman–Crippen LogP) is 1.79. The van der Waals surface area contributed by atoms with Crippen LogP contribution in [0.4, 0.5) is 4.39 Å². The molecule has 88 valence electrons. The number of carbonyl (C=O) groups is 1. The molecule has 4 nitrogen and oxygen atoms in total. The molecule has 6 heteroatoms. The van der Waals surface area contributed by atoms with E-state index in [1.54, 1.807) is 0 Å². The summed E-state index contributed by atoms with van der Waals surface area (Å²) in [6, 6.07) is 3.49. The van der Waals surface area contributed by atoms with Crippen molar-refractivity contribution in [3.8, 4) is 0 Å². The molecule has 1 aromatic carbocycles. The molecule has 0 atom stereocenters. The molecule has 1 aromatic rings. The maximum absolute atomic E-state index is 12.7. The van der Waals surface area contributed by atoms with Crippen LogP contribution in [0.5, 0.6) is 0 Å². The third kappa shape index (κ3) is 3.77. The maximum atomic E-state index is 12.7. The van der Waals surface area contributed by atoms with E-state index in [-0.39, 0.29) is 17.2 Å². The van der Waals surface area contributed by atoms with Gasteiger partial charge in [0.2, 0.25) is 0 Å². The summed E-state index contributed by atoms with van der Waals surface area (Å²) < 4.78 is 17.4. The smallest absolute Gasteiger partial charge is 0.276 e. The number of benzene rings is 1. The lowest BCUT2D eigenvalue weighted by Gasteiger charge is -2.06. The van der Waals surface area contributed by atoms with Gasteiger partial charge in [-0.25, -0.2) is 9.87 Å². The van der Waals surface area contributed by atoms with Gasteiger partial charge in [0.05, 0.1) is 23.8 Å². The number of carbonyl (C=O) groups excluding carboxylic acids is 1. The van der Waals surface area contributed by atoms with Crippen molar-refractivity contribution in [3.63, 3.8) is 0 Å². The van der Waals surface area contributed by atoms with E-state index in [4.69, 9.17) is 21.2 Å². The number of hydrogen-bond acceptors (Lipinski definition) is 3. The van der Waals surface area contributed by atoms with Gasteiger partial charge in [0.1, 0.15) is 5.82 Å². The fourth-order valence-corrected chi connectivity index (χ4v) is 1.22. The summed E-state index contributed by atoms with van der Waals surface area (Å²) in [6.45, 7) is 0.582. The Labute approximate surface area is 97.3 Å². The lowest BCUT2D eigenvalue weighted by Crippen LogP contribution is -2.25. The molecule has 0 radical (unpaired) electrons. The maximum Gasteiger partial charge on any atom is 0.276 e. The number of halogens is 2. The summed E-state index contributed by atoms with van der Waals surface area (Å²) >= 11 is 5.68. The lowest BCUT2D eigenvalue weighted by atomic mass is 10.2. The summed E-state index contributed by atoms with van der Waals surface area (Å²) in [5, 5.41) is 0.0350. The zero-order valence-corrected chi connectivity index (χ0v) is 9.38. The minimum Gasteiger partial charge on any atom is -0.382 e. The number of hydroxylamine groups is 1. The molecule has 0 saturated heterocycles. The van der Waals surface area contributed by atoms with Crippen molar-refractivity contribution in [2.75, 3.05) is 20.3 Å². The molecule has 0 spiro atoms. The summed E-state index contributed by atoms with van der Waals surface area (Å²) in [6.07, 6.45) is 0. The SMILES string of the molecule is COCCONC(=O)c1ccc(F)cc1Cl. The Morgan fingerprint density at radius 2 is 2.25 bits per heavy atom. The molecule has 16 heavy (non-hydrogen) atoms. The average molecular weight is 248 g/mol. The highest BCUT2D eigenvalue weighted by Gasteiger charge is 2.10. The second-order valence-corrected chi connectivity index (χ2v) is 3.30. The van der Waals surface area contributed by atoms with Crippen LogP contribution in [0.2, 0.25) is 5.02 Å². The van der Waals surface area contributed by atoms with Crippen LogP contribution in [0, 0.1) is 5.82 Å². The Morgan fingerprint density at radius 1 is 1.50 bits per heavy atom. The highest BCUT2D eigenvalue weighted by atomic mass is 35.5. The summed E-state index contributed by atoms with van der Waals surface area (Å²) in [4.78, 5) is 16.3. The fourth-order valence-electron chi connectivity index (χ4n) is 0.970. The molecule has 0 bridgehead atoms. The second kappa shape index (κ2) is 6.42. The van der Waals surface area contributed by atoms with Crippen LogP contribution < -0.4 is 5.48 Å². The van der Waals surface area contributed by atoms with Crippen LogP contribution in [0.15, 0.2) is 18.2 Å². The van der Waals surface area contributed by atoms with E-state index >= 15 is 0 Å². The Hall–Kier alpha value is -1.17. The molecular weight excluding hydrogens is 237 g/mol. The van der Waals surface area contributed by atoms with E-state index in [0.29, 0.717) is 6.61 Å². The zero-order valence-electron chi connectivity index (χ0n) is 8.63. The Balaban J connectivity index is 2.53. The second-order valence-electron chi connectivity index (χ2n) is 2.90. The van der Waals surface area contributed by atoms with E-state index in [2.05, 4.69) is 5.48 Å². The highest BCUT2D eigenvalue weighted by Crippen LogP contribution is 2.16.